The van der Waals surface area contributed by atoms with Gasteiger partial charge in [-0.1, -0.05) is 61.3 Å². The number of thiazole rings is 1. The number of carbonyl (C=O) groups excluding carboxylic acids is 6. The summed E-state index contributed by atoms with van der Waals surface area (Å²) in [5.41, 5.74) is 5.05. The number of piperidine rings is 1. The molecule has 2 saturated carbocycles. The van der Waals surface area contributed by atoms with E-state index in [0.717, 1.165) is 12.8 Å². The number of hydrogen-bond donors (Lipinski definition) is 4. The Hall–Kier alpha value is -3.35. The highest BCUT2D eigenvalue weighted by atomic mass is 32.1. The van der Waals surface area contributed by atoms with Crippen molar-refractivity contribution in [3.8, 4) is 0 Å². The van der Waals surface area contributed by atoms with Crippen LogP contribution in [0.1, 0.15) is 83.2 Å². The number of rotatable bonds is 12. The molecule has 6 atom stereocenters. The first-order valence-electron chi connectivity index (χ1n) is 15.3. The van der Waals surface area contributed by atoms with Crippen molar-refractivity contribution < 1.29 is 28.8 Å². The second-order valence-corrected chi connectivity index (χ2v) is 15.5. The fourth-order valence-corrected chi connectivity index (χ4v) is 7.20. The highest BCUT2D eigenvalue weighted by molar-refractivity contribution is 7.11. The van der Waals surface area contributed by atoms with E-state index in [-0.39, 0.29) is 34.9 Å². The summed E-state index contributed by atoms with van der Waals surface area (Å²) < 4.78 is 0. The van der Waals surface area contributed by atoms with Crippen LogP contribution >= 0.6 is 11.3 Å². The van der Waals surface area contributed by atoms with Crippen molar-refractivity contribution in [2.24, 2.45) is 40.2 Å². The maximum atomic E-state index is 14.2. The highest BCUT2D eigenvalue weighted by Crippen LogP contribution is 2.65. The molecular weight excluding hydrogens is 584 g/mol. The first-order valence-corrected chi connectivity index (χ1v) is 16.2. The lowest BCUT2D eigenvalue weighted by molar-refractivity contribution is -0.145. The molecule has 2 aliphatic carbocycles. The number of nitrogens with two attached hydrogens (primary N) is 1. The van der Waals surface area contributed by atoms with Gasteiger partial charge in [0.15, 0.2) is 5.01 Å². The number of likely N-dealkylation sites (tertiary alicyclic amines) is 1. The molecular formula is C31H46N6O6S. The minimum absolute atomic E-state index is 0.0649. The van der Waals surface area contributed by atoms with Crippen LogP contribution in [0.2, 0.25) is 0 Å². The predicted molar refractivity (Wildman–Crippen MR) is 164 cm³/mol. The van der Waals surface area contributed by atoms with E-state index < -0.39 is 59.1 Å². The summed E-state index contributed by atoms with van der Waals surface area (Å²) in [7, 11) is 0. The van der Waals surface area contributed by atoms with E-state index in [9.17, 15) is 28.8 Å². The van der Waals surface area contributed by atoms with E-state index >= 15 is 0 Å². The summed E-state index contributed by atoms with van der Waals surface area (Å²) in [5.74, 6) is -3.27. The van der Waals surface area contributed by atoms with Crippen molar-refractivity contribution in [1.29, 1.82) is 0 Å². The van der Waals surface area contributed by atoms with Gasteiger partial charge in [0.25, 0.3) is 5.91 Å². The third-order valence-electron chi connectivity index (χ3n) is 9.36. The topological polar surface area (TPSA) is 181 Å². The van der Waals surface area contributed by atoms with Crippen LogP contribution in [0.25, 0.3) is 0 Å². The van der Waals surface area contributed by atoms with Crippen molar-refractivity contribution in [3.63, 3.8) is 0 Å². The van der Waals surface area contributed by atoms with Crippen molar-refractivity contribution in [2.45, 2.75) is 98.8 Å². The number of aromatic nitrogens is 1. The number of Topliss-reactive ketones (excluding diaryl/α,β-unsaturated/α-hetero) is 2. The Labute approximate surface area is 262 Å². The Kier molecular flexibility index (Phi) is 9.31. The molecule has 1 aromatic rings. The summed E-state index contributed by atoms with van der Waals surface area (Å²) in [6.45, 7) is 15.3. The first-order chi connectivity index (χ1) is 20.3. The number of aryl methyl sites for hydroxylation is 1. The van der Waals surface area contributed by atoms with E-state index in [1.165, 1.54) is 16.2 Å². The van der Waals surface area contributed by atoms with Gasteiger partial charge in [0.1, 0.15) is 12.1 Å². The zero-order chi connectivity index (χ0) is 32.9. The van der Waals surface area contributed by atoms with Crippen LogP contribution in [0, 0.1) is 41.4 Å². The minimum Gasteiger partial charge on any atom is -0.363 e. The van der Waals surface area contributed by atoms with Crippen LogP contribution in [-0.2, 0) is 19.2 Å². The van der Waals surface area contributed by atoms with Gasteiger partial charge in [0.2, 0.25) is 23.4 Å². The monoisotopic (exact) mass is 630 g/mol. The summed E-state index contributed by atoms with van der Waals surface area (Å²) in [5, 5.41) is 10.4. The molecule has 4 rings (SSSR count). The molecule has 0 radical (unpaired) electrons. The molecule has 1 aliphatic heterocycles. The average molecular weight is 631 g/mol. The summed E-state index contributed by atoms with van der Waals surface area (Å²) >= 11 is 1.21. The van der Waals surface area contributed by atoms with Crippen LogP contribution in [0.5, 0.6) is 0 Å². The third-order valence-corrected chi connectivity index (χ3v) is 10.3. The van der Waals surface area contributed by atoms with E-state index in [4.69, 9.17) is 5.73 Å². The van der Waals surface area contributed by atoms with E-state index in [0.29, 0.717) is 23.7 Å². The van der Waals surface area contributed by atoms with Gasteiger partial charge in [0, 0.05) is 17.6 Å². The van der Waals surface area contributed by atoms with Gasteiger partial charge >= 0.3 is 6.03 Å². The van der Waals surface area contributed by atoms with Crippen molar-refractivity contribution in [2.75, 3.05) is 6.54 Å². The number of amides is 5. The normalized spacial score (nSPS) is 24.1. The third kappa shape index (κ3) is 6.97. The molecule has 13 heteroatoms. The fourth-order valence-electron chi connectivity index (χ4n) is 6.42. The lowest BCUT2D eigenvalue weighted by Gasteiger charge is -2.38. The highest BCUT2D eigenvalue weighted by Gasteiger charge is 2.70. The Bertz CT molecular complexity index is 1350. The van der Waals surface area contributed by atoms with Gasteiger partial charge in [-0.15, -0.1) is 11.3 Å². The Morgan fingerprint density at radius 1 is 1.09 bits per heavy atom. The van der Waals surface area contributed by atoms with Crippen LogP contribution in [0.15, 0.2) is 5.38 Å². The molecule has 0 bridgehead atoms. The maximum Gasteiger partial charge on any atom is 0.316 e. The Balaban J connectivity index is 1.53. The van der Waals surface area contributed by atoms with Gasteiger partial charge in [-0.25, -0.2) is 9.78 Å². The number of nitrogens with zero attached hydrogens (tertiary/aromatic N) is 2. The first kappa shape index (κ1) is 33.5. The molecule has 0 aromatic carbocycles. The van der Waals surface area contributed by atoms with Crippen molar-refractivity contribution >= 4 is 46.7 Å². The zero-order valence-corrected chi connectivity index (χ0v) is 27.7. The molecule has 5 N–H and O–H groups in total. The van der Waals surface area contributed by atoms with Crippen LogP contribution in [0.4, 0.5) is 4.79 Å². The number of fused-ring (bicyclic) bond motifs is 1. The molecule has 5 amide bonds. The van der Waals surface area contributed by atoms with Crippen molar-refractivity contribution in [1.82, 2.24) is 25.8 Å². The summed E-state index contributed by atoms with van der Waals surface area (Å²) in [6, 6.07) is -4.49. The predicted octanol–water partition coefficient (Wildman–Crippen LogP) is 2.20. The SMILES string of the molecule is Cc1csc(C(=O)[C@@H](NC(=O)N[C@H](C(=O)N2C[C@H]3[C@@H]([C@H]2C(=O)NC(CC2CC2)C(=O)C(N)=O)C3(C)C)C(C)(C)C)C(C)C)n1. The second kappa shape index (κ2) is 12.2. The molecule has 1 saturated heterocycles. The number of carbonyl (C=O) groups is 6. The molecule has 2 heterocycles. The quantitative estimate of drug-likeness (QED) is 0.202. The molecule has 3 fully saturated rings. The van der Waals surface area contributed by atoms with Gasteiger partial charge < -0.3 is 26.6 Å². The molecule has 0 spiro atoms. The second-order valence-electron chi connectivity index (χ2n) is 14.7. The van der Waals surface area contributed by atoms with Crippen LogP contribution < -0.4 is 21.7 Å². The van der Waals surface area contributed by atoms with E-state index in [1.807, 2.05) is 48.5 Å². The van der Waals surface area contributed by atoms with E-state index in [2.05, 4.69) is 20.9 Å². The smallest absolute Gasteiger partial charge is 0.316 e. The van der Waals surface area contributed by atoms with Gasteiger partial charge in [-0.2, -0.15) is 0 Å². The molecule has 3 aliphatic rings. The molecule has 242 valence electrons. The number of hydrogen-bond acceptors (Lipinski definition) is 8. The van der Waals surface area contributed by atoms with Gasteiger partial charge in [0.05, 0.1) is 12.1 Å². The zero-order valence-electron chi connectivity index (χ0n) is 26.9. The standard InChI is InChI=1S/C31H46N6O6S/c1-14(2)20(23(39)27-33-15(3)13-44-27)35-29(43)36-24(30(4,5)6)28(42)37-12-17-19(31(17,7)8)21(37)26(41)34-18(11-16-9-10-16)22(38)25(32)40/h13-14,16-21,24H,9-12H2,1-8H3,(H2,32,40)(H,34,41)(H2,35,36,43)/t17-,18?,19-,20-,21-,24+/m0/s1. The summed E-state index contributed by atoms with van der Waals surface area (Å²) in [6.07, 6.45) is 2.16. The lowest BCUT2D eigenvalue weighted by atomic mass is 9.85. The average Bonchev–Trinajstić information content (AvgIpc) is 3.67. The molecule has 12 nitrogen and oxygen atoms in total. The molecule has 1 aromatic heterocycles. The number of primary amides is 1. The van der Waals surface area contributed by atoms with Gasteiger partial charge in [-0.05, 0) is 47.8 Å². The number of ketones is 2. The maximum absolute atomic E-state index is 14.2. The largest absolute Gasteiger partial charge is 0.363 e. The Morgan fingerprint density at radius 3 is 2.23 bits per heavy atom. The number of urea groups is 1. The Morgan fingerprint density at radius 2 is 1.73 bits per heavy atom. The van der Waals surface area contributed by atoms with Crippen molar-refractivity contribution in [3.05, 3.63) is 16.1 Å². The van der Waals surface area contributed by atoms with Crippen LogP contribution in [-0.4, -0.2) is 75.9 Å². The molecule has 1 unspecified atom stereocenters. The van der Waals surface area contributed by atoms with Crippen LogP contribution in [0.3, 0.4) is 0 Å². The number of nitrogens with one attached hydrogen (secondary N) is 3. The summed E-state index contributed by atoms with van der Waals surface area (Å²) in [4.78, 5) is 84.6. The molecule has 44 heavy (non-hydrogen) atoms. The van der Waals surface area contributed by atoms with E-state index in [1.54, 1.807) is 12.3 Å². The minimum atomic E-state index is -1.11. The fraction of sp³-hybridized carbons (Fsp3) is 0.710. The van der Waals surface area contributed by atoms with Gasteiger partial charge in [-0.3, -0.25) is 24.0 Å². The lowest BCUT2D eigenvalue weighted by Crippen LogP contribution is -2.62.